The Labute approximate surface area is 101 Å². The van der Waals surface area contributed by atoms with E-state index in [9.17, 15) is 0 Å². The average molecular weight is 227 g/mol. The highest BCUT2D eigenvalue weighted by Crippen LogP contribution is 2.42. The molecule has 17 heavy (non-hydrogen) atoms. The molecule has 0 radical (unpaired) electrons. The minimum Gasteiger partial charge on any atom is -0.384 e. The minimum atomic E-state index is 0.530. The van der Waals surface area contributed by atoms with Gasteiger partial charge in [0.05, 0.1) is 11.4 Å². The lowest BCUT2D eigenvalue weighted by Crippen LogP contribution is -2.02. The van der Waals surface area contributed by atoms with Crippen LogP contribution in [-0.2, 0) is 0 Å². The first-order chi connectivity index (χ1) is 8.25. The number of aromatic nitrogens is 2. The van der Waals surface area contributed by atoms with Gasteiger partial charge in [0, 0.05) is 12.0 Å². The van der Waals surface area contributed by atoms with E-state index in [1.165, 1.54) is 12.8 Å². The number of para-hydroxylation sites is 1. The molecule has 1 atom stereocenters. The molecule has 3 rings (SSSR count). The number of anilines is 1. The molecule has 1 heterocycles. The summed E-state index contributed by atoms with van der Waals surface area (Å²) in [6.45, 7) is 2.24. The van der Waals surface area contributed by atoms with Gasteiger partial charge in [0.1, 0.15) is 5.82 Å². The van der Waals surface area contributed by atoms with Gasteiger partial charge in [-0.2, -0.15) is 5.10 Å². The first-order valence-corrected chi connectivity index (χ1v) is 6.16. The number of rotatable bonds is 3. The van der Waals surface area contributed by atoms with E-state index in [1.54, 1.807) is 0 Å². The van der Waals surface area contributed by atoms with Gasteiger partial charge in [0.2, 0.25) is 0 Å². The Balaban J connectivity index is 1.95. The van der Waals surface area contributed by atoms with Crippen molar-refractivity contribution in [2.45, 2.75) is 25.7 Å². The molecular weight excluding hydrogens is 210 g/mol. The molecule has 1 aliphatic carbocycles. The topological polar surface area (TPSA) is 43.8 Å². The lowest BCUT2D eigenvalue weighted by Gasteiger charge is -2.05. The summed E-state index contributed by atoms with van der Waals surface area (Å²) in [5, 5.41) is 4.63. The summed E-state index contributed by atoms with van der Waals surface area (Å²) in [5.74, 6) is 2.06. The molecule has 0 saturated heterocycles. The Morgan fingerprint density at radius 3 is 2.65 bits per heavy atom. The van der Waals surface area contributed by atoms with Gasteiger partial charge in [-0.05, 0) is 30.9 Å². The van der Waals surface area contributed by atoms with Crippen LogP contribution in [0.5, 0.6) is 0 Å². The summed E-state index contributed by atoms with van der Waals surface area (Å²) >= 11 is 0. The number of hydrogen-bond donors (Lipinski definition) is 1. The molecule has 0 aliphatic heterocycles. The van der Waals surface area contributed by atoms with E-state index in [0.717, 1.165) is 23.1 Å². The predicted octanol–water partition coefficient (Wildman–Crippen LogP) is 2.97. The van der Waals surface area contributed by atoms with Gasteiger partial charge in [-0.3, -0.25) is 0 Å². The van der Waals surface area contributed by atoms with Crippen molar-refractivity contribution < 1.29 is 0 Å². The van der Waals surface area contributed by atoms with Crippen LogP contribution in [0.2, 0.25) is 0 Å². The second-order valence-electron chi connectivity index (χ2n) is 4.87. The summed E-state index contributed by atoms with van der Waals surface area (Å²) < 4.78 is 1.83. The Hall–Kier alpha value is -1.77. The van der Waals surface area contributed by atoms with E-state index >= 15 is 0 Å². The summed E-state index contributed by atoms with van der Waals surface area (Å²) in [4.78, 5) is 0. The summed E-state index contributed by atoms with van der Waals surface area (Å²) in [6.07, 6.45) is 2.67. The molecular formula is C14H17N3. The summed E-state index contributed by atoms with van der Waals surface area (Å²) in [7, 11) is 0. The van der Waals surface area contributed by atoms with Gasteiger partial charge in [0.25, 0.3) is 0 Å². The molecule has 2 aromatic rings. The highest BCUT2D eigenvalue weighted by Gasteiger charge is 2.30. The maximum Gasteiger partial charge on any atom is 0.127 e. The van der Waals surface area contributed by atoms with E-state index in [4.69, 9.17) is 5.73 Å². The van der Waals surface area contributed by atoms with Gasteiger partial charge >= 0.3 is 0 Å². The maximum atomic E-state index is 6.03. The van der Waals surface area contributed by atoms with Crippen LogP contribution in [0.25, 0.3) is 5.69 Å². The van der Waals surface area contributed by atoms with Gasteiger partial charge in [-0.1, -0.05) is 25.1 Å². The van der Waals surface area contributed by atoms with Gasteiger partial charge in [-0.15, -0.1) is 0 Å². The molecule has 0 spiro atoms. The van der Waals surface area contributed by atoms with Crippen LogP contribution < -0.4 is 5.73 Å². The first kappa shape index (κ1) is 10.4. The average Bonchev–Trinajstić information content (AvgIpc) is 3.13. The predicted molar refractivity (Wildman–Crippen MR) is 69.1 cm³/mol. The van der Waals surface area contributed by atoms with Gasteiger partial charge in [0.15, 0.2) is 0 Å². The zero-order valence-electron chi connectivity index (χ0n) is 10.0. The van der Waals surface area contributed by atoms with Crippen molar-refractivity contribution in [3.8, 4) is 5.69 Å². The maximum absolute atomic E-state index is 6.03. The zero-order chi connectivity index (χ0) is 11.8. The molecule has 0 amide bonds. The Morgan fingerprint density at radius 2 is 2.00 bits per heavy atom. The van der Waals surface area contributed by atoms with Crippen molar-refractivity contribution in [1.82, 2.24) is 9.78 Å². The lowest BCUT2D eigenvalue weighted by molar-refractivity contribution is 0.632. The van der Waals surface area contributed by atoms with E-state index in [1.807, 2.05) is 41.1 Å². The molecule has 3 nitrogen and oxygen atoms in total. The third-order valence-electron chi connectivity index (χ3n) is 3.55. The Morgan fingerprint density at radius 1 is 1.29 bits per heavy atom. The molecule has 1 fully saturated rings. The second-order valence-corrected chi connectivity index (χ2v) is 4.87. The number of hydrogen-bond acceptors (Lipinski definition) is 2. The molecule has 3 heteroatoms. The number of nitrogens with two attached hydrogens (primary N) is 1. The van der Waals surface area contributed by atoms with Crippen molar-refractivity contribution in [2.75, 3.05) is 5.73 Å². The number of nitrogen functional groups attached to an aromatic ring is 1. The molecule has 2 N–H and O–H groups in total. The van der Waals surface area contributed by atoms with Crippen LogP contribution in [0.4, 0.5) is 5.82 Å². The highest BCUT2D eigenvalue weighted by molar-refractivity contribution is 5.43. The fourth-order valence-electron chi connectivity index (χ4n) is 2.25. The van der Waals surface area contributed by atoms with E-state index in [-0.39, 0.29) is 0 Å². The van der Waals surface area contributed by atoms with Crippen LogP contribution in [0.15, 0.2) is 36.4 Å². The standard InChI is InChI=1S/C14H17N3/c1-10(11-7-8-11)13-9-14(15)17(16-13)12-5-3-2-4-6-12/h2-6,9-11H,7-8,15H2,1H3. The van der Waals surface area contributed by atoms with Crippen molar-refractivity contribution in [3.05, 3.63) is 42.1 Å². The van der Waals surface area contributed by atoms with Crippen LogP contribution in [0.3, 0.4) is 0 Å². The number of benzene rings is 1. The molecule has 1 unspecified atom stereocenters. The third kappa shape index (κ3) is 1.93. The Kier molecular flexibility index (Phi) is 2.39. The van der Waals surface area contributed by atoms with Crippen LogP contribution in [0, 0.1) is 5.92 Å². The highest BCUT2D eigenvalue weighted by atomic mass is 15.3. The normalized spacial score (nSPS) is 17.0. The fourth-order valence-corrected chi connectivity index (χ4v) is 2.25. The van der Waals surface area contributed by atoms with Crippen molar-refractivity contribution >= 4 is 5.82 Å². The van der Waals surface area contributed by atoms with Crippen molar-refractivity contribution in [2.24, 2.45) is 5.92 Å². The van der Waals surface area contributed by atoms with Crippen molar-refractivity contribution in [1.29, 1.82) is 0 Å². The van der Waals surface area contributed by atoms with E-state index < -0.39 is 0 Å². The molecule has 1 aromatic carbocycles. The minimum absolute atomic E-state index is 0.530. The third-order valence-corrected chi connectivity index (χ3v) is 3.55. The Bertz CT molecular complexity index is 512. The summed E-state index contributed by atoms with van der Waals surface area (Å²) in [5.41, 5.74) is 8.18. The second kappa shape index (κ2) is 3.91. The van der Waals surface area contributed by atoms with Crippen LogP contribution in [0.1, 0.15) is 31.4 Å². The largest absolute Gasteiger partial charge is 0.384 e. The van der Waals surface area contributed by atoms with Crippen LogP contribution >= 0.6 is 0 Å². The summed E-state index contributed by atoms with van der Waals surface area (Å²) in [6, 6.07) is 12.1. The molecule has 1 aliphatic rings. The smallest absolute Gasteiger partial charge is 0.127 e. The molecule has 88 valence electrons. The van der Waals surface area contributed by atoms with Crippen molar-refractivity contribution in [3.63, 3.8) is 0 Å². The number of nitrogens with zero attached hydrogens (tertiary/aromatic N) is 2. The zero-order valence-corrected chi connectivity index (χ0v) is 10.0. The van der Waals surface area contributed by atoms with Crippen LogP contribution in [-0.4, -0.2) is 9.78 Å². The van der Waals surface area contributed by atoms with Gasteiger partial charge in [-0.25, -0.2) is 4.68 Å². The molecule has 1 aromatic heterocycles. The molecule has 0 bridgehead atoms. The SMILES string of the molecule is CC(c1cc(N)n(-c2ccccc2)n1)C1CC1. The van der Waals surface area contributed by atoms with E-state index in [0.29, 0.717) is 5.92 Å². The lowest BCUT2D eigenvalue weighted by atomic mass is 10.0. The van der Waals surface area contributed by atoms with E-state index in [2.05, 4.69) is 12.0 Å². The van der Waals surface area contributed by atoms with Gasteiger partial charge < -0.3 is 5.73 Å². The fraction of sp³-hybridized carbons (Fsp3) is 0.357. The monoisotopic (exact) mass is 227 g/mol. The molecule has 1 saturated carbocycles. The first-order valence-electron chi connectivity index (χ1n) is 6.16. The quantitative estimate of drug-likeness (QED) is 0.876.